The zero-order valence-corrected chi connectivity index (χ0v) is 10.4. The Balaban J connectivity index is 2.32. The molecule has 18 heavy (non-hydrogen) atoms. The molecule has 0 radical (unpaired) electrons. The summed E-state index contributed by atoms with van der Waals surface area (Å²) in [5, 5.41) is 9.18. The maximum Gasteiger partial charge on any atom is 0.242 e. The summed E-state index contributed by atoms with van der Waals surface area (Å²) in [6.45, 7) is 1.37. The standard InChI is InChI=1S/C12H12ClN3O2/c13-10-5-9(2-1-8(10)6-14)16-3-4-18-7-11(16)12(15)17/h1-2,5,11H,3-4,7H2,(H2,15,17). The van der Waals surface area contributed by atoms with Crippen LogP contribution in [0.5, 0.6) is 0 Å². The Morgan fingerprint density at radius 2 is 2.39 bits per heavy atom. The fourth-order valence-corrected chi connectivity index (χ4v) is 2.14. The van der Waals surface area contributed by atoms with E-state index in [1.807, 2.05) is 11.0 Å². The molecule has 1 aliphatic heterocycles. The van der Waals surface area contributed by atoms with Crippen LogP contribution in [0, 0.1) is 11.3 Å². The first-order chi connectivity index (χ1) is 8.63. The molecule has 1 aromatic carbocycles. The Labute approximate surface area is 110 Å². The summed E-state index contributed by atoms with van der Waals surface area (Å²) in [7, 11) is 0. The van der Waals surface area contributed by atoms with E-state index in [9.17, 15) is 4.79 Å². The van der Waals surface area contributed by atoms with Crippen molar-refractivity contribution in [3.05, 3.63) is 28.8 Å². The second-order valence-corrected chi connectivity index (χ2v) is 4.37. The molecule has 0 aliphatic carbocycles. The molecule has 6 heteroatoms. The summed E-state index contributed by atoms with van der Waals surface area (Å²) in [5.74, 6) is -0.435. The Morgan fingerprint density at radius 1 is 1.61 bits per heavy atom. The van der Waals surface area contributed by atoms with Crippen LogP contribution in [0.4, 0.5) is 5.69 Å². The molecular weight excluding hydrogens is 254 g/mol. The van der Waals surface area contributed by atoms with Gasteiger partial charge in [0.15, 0.2) is 0 Å². The Bertz CT molecular complexity index is 513. The van der Waals surface area contributed by atoms with Crippen molar-refractivity contribution in [2.75, 3.05) is 24.7 Å². The Kier molecular flexibility index (Phi) is 3.70. The van der Waals surface area contributed by atoms with E-state index in [4.69, 9.17) is 27.3 Å². The van der Waals surface area contributed by atoms with Crippen molar-refractivity contribution in [3.8, 4) is 6.07 Å². The zero-order chi connectivity index (χ0) is 13.1. The minimum atomic E-state index is -0.497. The summed E-state index contributed by atoms with van der Waals surface area (Å²) in [5.41, 5.74) is 6.52. The van der Waals surface area contributed by atoms with E-state index in [1.54, 1.807) is 18.2 Å². The molecule has 1 atom stereocenters. The maximum absolute atomic E-state index is 11.4. The van der Waals surface area contributed by atoms with Crippen LogP contribution in [0.25, 0.3) is 0 Å². The summed E-state index contributed by atoms with van der Waals surface area (Å²) >= 11 is 5.98. The van der Waals surface area contributed by atoms with Gasteiger partial charge in [0.2, 0.25) is 5.91 Å². The maximum atomic E-state index is 11.4. The molecule has 0 aromatic heterocycles. The predicted molar refractivity (Wildman–Crippen MR) is 67.3 cm³/mol. The highest BCUT2D eigenvalue weighted by Crippen LogP contribution is 2.25. The van der Waals surface area contributed by atoms with Crippen LogP contribution in [-0.4, -0.2) is 31.7 Å². The first kappa shape index (κ1) is 12.7. The number of nitriles is 1. The molecule has 0 bridgehead atoms. The van der Waals surface area contributed by atoms with Crippen molar-refractivity contribution in [1.82, 2.24) is 0 Å². The smallest absolute Gasteiger partial charge is 0.242 e. The molecule has 1 amide bonds. The van der Waals surface area contributed by atoms with Gasteiger partial charge in [-0.15, -0.1) is 0 Å². The van der Waals surface area contributed by atoms with Gasteiger partial charge in [-0.2, -0.15) is 5.26 Å². The second-order valence-electron chi connectivity index (χ2n) is 3.96. The predicted octanol–water partition coefficient (Wildman–Crippen LogP) is 0.902. The van der Waals surface area contributed by atoms with Crippen molar-refractivity contribution in [2.24, 2.45) is 5.73 Å². The third-order valence-corrected chi connectivity index (χ3v) is 3.17. The number of primary amides is 1. The molecule has 1 aromatic rings. The quantitative estimate of drug-likeness (QED) is 0.862. The van der Waals surface area contributed by atoms with E-state index >= 15 is 0 Å². The minimum absolute atomic E-state index is 0.271. The Hall–Kier alpha value is -1.77. The summed E-state index contributed by atoms with van der Waals surface area (Å²) < 4.78 is 5.24. The molecule has 0 spiro atoms. The van der Waals surface area contributed by atoms with E-state index in [2.05, 4.69) is 0 Å². The molecule has 0 saturated carbocycles. The van der Waals surface area contributed by atoms with E-state index in [1.165, 1.54) is 0 Å². The lowest BCUT2D eigenvalue weighted by atomic mass is 10.1. The monoisotopic (exact) mass is 265 g/mol. The number of carbonyl (C=O) groups is 1. The SMILES string of the molecule is N#Cc1ccc(N2CCOCC2C(N)=O)cc1Cl. The van der Waals surface area contributed by atoms with E-state index in [0.717, 1.165) is 5.69 Å². The summed E-state index contributed by atoms with van der Waals surface area (Å²) in [6, 6.07) is 6.55. The van der Waals surface area contributed by atoms with Crippen molar-refractivity contribution < 1.29 is 9.53 Å². The van der Waals surface area contributed by atoms with Crippen LogP contribution in [0.1, 0.15) is 5.56 Å². The van der Waals surface area contributed by atoms with Crippen LogP contribution in [0.3, 0.4) is 0 Å². The number of benzene rings is 1. The zero-order valence-electron chi connectivity index (χ0n) is 9.60. The number of morpholine rings is 1. The molecule has 1 fully saturated rings. The molecule has 1 unspecified atom stereocenters. The van der Waals surface area contributed by atoms with Crippen LogP contribution in [-0.2, 0) is 9.53 Å². The number of rotatable bonds is 2. The van der Waals surface area contributed by atoms with Crippen LogP contribution < -0.4 is 10.6 Å². The molecule has 5 nitrogen and oxygen atoms in total. The van der Waals surface area contributed by atoms with E-state index < -0.39 is 11.9 Å². The number of nitrogens with zero attached hydrogens (tertiary/aromatic N) is 2. The van der Waals surface area contributed by atoms with Gasteiger partial charge >= 0.3 is 0 Å². The molecule has 2 N–H and O–H groups in total. The normalized spacial score (nSPS) is 19.3. The number of hydrogen-bond donors (Lipinski definition) is 1. The first-order valence-corrected chi connectivity index (χ1v) is 5.84. The number of amides is 1. The molecule has 1 aliphatic rings. The average molecular weight is 266 g/mol. The van der Waals surface area contributed by atoms with Crippen LogP contribution >= 0.6 is 11.6 Å². The number of halogens is 1. The van der Waals surface area contributed by atoms with Crippen molar-refractivity contribution in [3.63, 3.8) is 0 Å². The van der Waals surface area contributed by atoms with Gasteiger partial charge in [0.1, 0.15) is 12.1 Å². The second kappa shape index (κ2) is 5.25. The highest BCUT2D eigenvalue weighted by Gasteiger charge is 2.28. The number of ether oxygens (including phenoxy) is 1. The van der Waals surface area contributed by atoms with Crippen molar-refractivity contribution >= 4 is 23.2 Å². The van der Waals surface area contributed by atoms with Gasteiger partial charge in [-0.25, -0.2) is 0 Å². The largest absolute Gasteiger partial charge is 0.377 e. The lowest BCUT2D eigenvalue weighted by Gasteiger charge is -2.35. The minimum Gasteiger partial charge on any atom is -0.377 e. The van der Waals surface area contributed by atoms with E-state index in [0.29, 0.717) is 23.7 Å². The molecule has 94 valence electrons. The summed E-state index contributed by atoms with van der Waals surface area (Å²) in [6.07, 6.45) is 0. The van der Waals surface area contributed by atoms with Crippen LogP contribution in [0.2, 0.25) is 5.02 Å². The number of anilines is 1. The molecule has 1 heterocycles. The average Bonchev–Trinajstić information content (AvgIpc) is 2.38. The fourth-order valence-electron chi connectivity index (χ4n) is 1.92. The number of nitrogens with two attached hydrogens (primary N) is 1. The summed E-state index contributed by atoms with van der Waals surface area (Å²) in [4.78, 5) is 13.2. The van der Waals surface area contributed by atoms with Gasteiger partial charge in [-0.05, 0) is 18.2 Å². The van der Waals surface area contributed by atoms with E-state index in [-0.39, 0.29) is 6.61 Å². The van der Waals surface area contributed by atoms with Crippen molar-refractivity contribution in [1.29, 1.82) is 5.26 Å². The fraction of sp³-hybridized carbons (Fsp3) is 0.333. The van der Waals surface area contributed by atoms with Gasteiger partial charge in [0.25, 0.3) is 0 Å². The molecule has 1 saturated heterocycles. The van der Waals surface area contributed by atoms with Gasteiger partial charge < -0.3 is 15.4 Å². The third kappa shape index (κ3) is 2.40. The Morgan fingerprint density at radius 3 is 3.00 bits per heavy atom. The first-order valence-electron chi connectivity index (χ1n) is 5.47. The van der Waals surface area contributed by atoms with Crippen molar-refractivity contribution in [2.45, 2.75) is 6.04 Å². The lowest BCUT2D eigenvalue weighted by molar-refractivity contribution is -0.121. The topological polar surface area (TPSA) is 79.3 Å². The lowest BCUT2D eigenvalue weighted by Crippen LogP contribution is -2.52. The highest BCUT2D eigenvalue weighted by atomic mass is 35.5. The van der Waals surface area contributed by atoms with Gasteiger partial charge in [-0.3, -0.25) is 4.79 Å². The number of carbonyl (C=O) groups excluding carboxylic acids is 1. The van der Waals surface area contributed by atoms with Gasteiger partial charge in [0, 0.05) is 12.2 Å². The van der Waals surface area contributed by atoms with Crippen LogP contribution in [0.15, 0.2) is 18.2 Å². The highest BCUT2D eigenvalue weighted by molar-refractivity contribution is 6.32. The molecule has 2 rings (SSSR count). The van der Waals surface area contributed by atoms with Gasteiger partial charge in [-0.1, -0.05) is 11.6 Å². The molecular formula is C12H12ClN3O2. The van der Waals surface area contributed by atoms with Gasteiger partial charge in [0.05, 0.1) is 23.8 Å². The number of hydrogen-bond acceptors (Lipinski definition) is 4. The third-order valence-electron chi connectivity index (χ3n) is 2.86.